The van der Waals surface area contributed by atoms with Crippen molar-refractivity contribution in [1.82, 2.24) is 10.6 Å². The van der Waals surface area contributed by atoms with Crippen molar-refractivity contribution in [3.05, 3.63) is 0 Å². The lowest BCUT2D eigenvalue weighted by Crippen LogP contribution is -2.44. The fraction of sp³-hybridized carbons (Fsp3) is 0.818. The summed E-state index contributed by atoms with van der Waals surface area (Å²) in [5, 5.41) is 14.1. The van der Waals surface area contributed by atoms with E-state index in [1.807, 2.05) is 6.92 Å². The second-order valence-electron chi connectivity index (χ2n) is 4.35. The quantitative estimate of drug-likeness (QED) is 0.642. The lowest BCUT2D eigenvalue weighted by Gasteiger charge is -2.26. The highest BCUT2D eigenvalue weighted by Gasteiger charge is 2.19. The maximum absolute atomic E-state index is 11.4. The smallest absolute Gasteiger partial charge is 0.315 e. The molecule has 0 aromatic carbocycles. The van der Waals surface area contributed by atoms with Crippen LogP contribution in [0.2, 0.25) is 0 Å². The average Bonchev–Trinajstić information content (AvgIpc) is 2.13. The molecule has 1 atom stereocenters. The summed E-state index contributed by atoms with van der Waals surface area (Å²) >= 11 is 0. The molecule has 0 heterocycles. The van der Waals surface area contributed by atoms with Crippen molar-refractivity contribution >= 4 is 12.0 Å². The monoisotopic (exact) mass is 228 g/mol. The van der Waals surface area contributed by atoms with Crippen molar-refractivity contribution in [2.24, 2.45) is 5.92 Å². The Labute approximate surface area is 95.6 Å². The molecule has 5 heteroatoms. The molecule has 0 aliphatic heterocycles. The third kappa shape index (κ3) is 4.51. The zero-order valence-corrected chi connectivity index (χ0v) is 9.66. The first-order chi connectivity index (χ1) is 7.61. The van der Waals surface area contributed by atoms with E-state index < -0.39 is 5.97 Å². The minimum Gasteiger partial charge on any atom is -0.481 e. The number of carbonyl (C=O) groups excluding carboxylic acids is 1. The Hall–Kier alpha value is -1.26. The summed E-state index contributed by atoms with van der Waals surface area (Å²) in [6.07, 6.45) is 4.24. The molecule has 0 bridgehead atoms. The van der Waals surface area contributed by atoms with Crippen LogP contribution in [0, 0.1) is 5.92 Å². The Balaban J connectivity index is 2.16. The molecule has 3 N–H and O–H groups in total. The van der Waals surface area contributed by atoms with Gasteiger partial charge >= 0.3 is 12.0 Å². The van der Waals surface area contributed by atoms with E-state index >= 15 is 0 Å². The molecule has 1 aliphatic rings. The first-order valence-electron chi connectivity index (χ1n) is 5.88. The summed E-state index contributed by atoms with van der Waals surface area (Å²) in [6.45, 7) is 2.56. The topological polar surface area (TPSA) is 78.4 Å². The number of urea groups is 1. The summed E-state index contributed by atoms with van der Waals surface area (Å²) in [6, 6.07) is -0.529. The van der Waals surface area contributed by atoms with Crippen molar-refractivity contribution in [2.45, 2.75) is 45.1 Å². The molecule has 1 rings (SSSR count). The first kappa shape index (κ1) is 12.8. The zero-order chi connectivity index (χ0) is 12.0. The van der Waals surface area contributed by atoms with Gasteiger partial charge in [-0.2, -0.15) is 0 Å². The molecule has 0 spiro atoms. The highest BCUT2D eigenvalue weighted by Crippen LogP contribution is 2.24. The number of rotatable bonds is 6. The molecule has 0 saturated heterocycles. The fourth-order valence-electron chi connectivity index (χ4n) is 1.68. The van der Waals surface area contributed by atoms with Gasteiger partial charge in [0.25, 0.3) is 0 Å². The Morgan fingerprint density at radius 2 is 2.12 bits per heavy atom. The normalized spacial score (nSPS) is 17.3. The predicted molar refractivity (Wildman–Crippen MR) is 60.2 cm³/mol. The number of amides is 2. The molecule has 16 heavy (non-hydrogen) atoms. The largest absolute Gasteiger partial charge is 0.481 e. The number of carbonyl (C=O) groups is 2. The molecule has 2 amide bonds. The van der Waals surface area contributed by atoms with E-state index in [-0.39, 0.29) is 18.5 Å². The SMILES string of the molecule is CCC(CC(=O)O)NC(=O)NCC1CCC1. The number of aliphatic carboxylic acids is 1. The summed E-state index contributed by atoms with van der Waals surface area (Å²) in [5.41, 5.74) is 0. The van der Waals surface area contributed by atoms with Crippen molar-refractivity contribution in [2.75, 3.05) is 6.54 Å². The average molecular weight is 228 g/mol. The van der Waals surface area contributed by atoms with Gasteiger partial charge in [0.15, 0.2) is 0 Å². The molecule has 0 aromatic heterocycles. The van der Waals surface area contributed by atoms with Crippen molar-refractivity contribution in [3.63, 3.8) is 0 Å². The number of carboxylic acid groups (broad SMARTS) is 1. The highest BCUT2D eigenvalue weighted by molar-refractivity contribution is 5.75. The van der Waals surface area contributed by atoms with Gasteiger partial charge in [0.2, 0.25) is 0 Å². The van der Waals surface area contributed by atoms with E-state index in [2.05, 4.69) is 10.6 Å². The number of hydrogen-bond donors (Lipinski definition) is 3. The summed E-state index contributed by atoms with van der Waals surface area (Å²) in [7, 11) is 0. The van der Waals surface area contributed by atoms with Crippen LogP contribution in [0.1, 0.15) is 39.0 Å². The summed E-state index contributed by atoms with van der Waals surface area (Å²) in [4.78, 5) is 21.9. The van der Waals surface area contributed by atoms with Gasteiger partial charge < -0.3 is 15.7 Å². The van der Waals surface area contributed by atoms with Crippen LogP contribution in [0.5, 0.6) is 0 Å². The van der Waals surface area contributed by atoms with E-state index in [0.29, 0.717) is 18.9 Å². The van der Waals surface area contributed by atoms with Crippen LogP contribution in [0.4, 0.5) is 4.79 Å². The molecular weight excluding hydrogens is 208 g/mol. The second-order valence-corrected chi connectivity index (χ2v) is 4.35. The Bertz CT molecular complexity index is 252. The van der Waals surface area contributed by atoms with Gasteiger partial charge in [-0.1, -0.05) is 13.3 Å². The van der Waals surface area contributed by atoms with E-state index in [4.69, 9.17) is 5.11 Å². The molecule has 1 unspecified atom stereocenters. The van der Waals surface area contributed by atoms with Gasteiger partial charge in [-0.05, 0) is 25.2 Å². The molecular formula is C11H20N2O3. The number of carboxylic acids is 1. The maximum Gasteiger partial charge on any atom is 0.315 e. The predicted octanol–water partition coefficient (Wildman–Crippen LogP) is 1.34. The van der Waals surface area contributed by atoms with Crippen LogP contribution in [0.15, 0.2) is 0 Å². The molecule has 0 aromatic rings. The van der Waals surface area contributed by atoms with Crippen molar-refractivity contribution < 1.29 is 14.7 Å². The molecule has 1 saturated carbocycles. The molecule has 1 aliphatic carbocycles. The van der Waals surface area contributed by atoms with Crippen molar-refractivity contribution in [1.29, 1.82) is 0 Å². The lowest BCUT2D eigenvalue weighted by molar-refractivity contribution is -0.137. The number of hydrogen-bond acceptors (Lipinski definition) is 2. The summed E-state index contributed by atoms with van der Waals surface area (Å²) < 4.78 is 0. The van der Waals surface area contributed by atoms with E-state index in [9.17, 15) is 9.59 Å². The maximum atomic E-state index is 11.4. The van der Waals surface area contributed by atoms with Crippen LogP contribution in [-0.2, 0) is 4.79 Å². The van der Waals surface area contributed by atoms with E-state index in [1.54, 1.807) is 0 Å². The van der Waals surface area contributed by atoms with E-state index in [1.165, 1.54) is 19.3 Å². The third-order valence-corrected chi connectivity index (χ3v) is 3.03. The number of nitrogens with one attached hydrogen (secondary N) is 2. The standard InChI is InChI=1S/C11H20N2O3/c1-2-9(6-10(14)15)13-11(16)12-7-8-4-3-5-8/h8-9H,2-7H2,1H3,(H,14,15)(H2,12,13,16). The van der Waals surface area contributed by atoms with Gasteiger partial charge in [0, 0.05) is 12.6 Å². The molecule has 92 valence electrons. The first-order valence-corrected chi connectivity index (χ1v) is 5.88. The van der Waals surface area contributed by atoms with Gasteiger partial charge in [-0.15, -0.1) is 0 Å². The van der Waals surface area contributed by atoms with Gasteiger partial charge in [-0.25, -0.2) is 4.79 Å². The minimum atomic E-state index is -0.883. The fourth-order valence-corrected chi connectivity index (χ4v) is 1.68. The van der Waals surface area contributed by atoms with E-state index in [0.717, 1.165) is 0 Å². The molecule has 1 fully saturated rings. The zero-order valence-electron chi connectivity index (χ0n) is 9.66. The Kier molecular flexibility index (Phi) is 5.08. The minimum absolute atomic E-state index is 0.0205. The van der Waals surface area contributed by atoms with Gasteiger partial charge in [0.1, 0.15) is 0 Å². The molecule has 5 nitrogen and oxygen atoms in total. The van der Waals surface area contributed by atoms with Crippen LogP contribution >= 0.6 is 0 Å². The lowest BCUT2D eigenvalue weighted by atomic mass is 9.85. The van der Waals surface area contributed by atoms with Crippen LogP contribution in [-0.4, -0.2) is 29.7 Å². The van der Waals surface area contributed by atoms with Crippen molar-refractivity contribution in [3.8, 4) is 0 Å². The summed E-state index contributed by atoms with van der Waals surface area (Å²) in [5.74, 6) is -0.267. The van der Waals surface area contributed by atoms with Gasteiger partial charge in [-0.3, -0.25) is 4.79 Å². The van der Waals surface area contributed by atoms with Gasteiger partial charge in [0.05, 0.1) is 6.42 Å². The van der Waals surface area contributed by atoms with Crippen LogP contribution in [0.25, 0.3) is 0 Å². The van der Waals surface area contributed by atoms with Crippen LogP contribution in [0.3, 0.4) is 0 Å². The highest BCUT2D eigenvalue weighted by atomic mass is 16.4. The second kappa shape index (κ2) is 6.35. The Morgan fingerprint density at radius 1 is 1.44 bits per heavy atom. The Morgan fingerprint density at radius 3 is 2.56 bits per heavy atom. The molecule has 0 radical (unpaired) electrons. The van der Waals surface area contributed by atoms with Crippen LogP contribution < -0.4 is 10.6 Å². The third-order valence-electron chi connectivity index (χ3n) is 3.03.